The molecule has 2 aromatic rings. The van der Waals surface area contributed by atoms with Gasteiger partial charge in [0.15, 0.2) is 6.29 Å². The summed E-state index contributed by atoms with van der Waals surface area (Å²) in [6, 6.07) is 12.4. The molecule has 1 N–H and O–H groups in total. The Morgan fingerprint density at radius 3 is 2.46 bits per heavy atom. The number of ether oxygens (including phenoxy) is 2. The van der Waals surface area contributed by atoms with Crippen molar-refractivity contribution in [1.82, 2.24) is 4.90 Å². The lowest BCUT2D eigenvalue weighted by Crippen LogP contribution is -2.42. The van der Waals surface area contributed by atoms with E-state index in [-0.39, 0.29) is 6.29 Å². The second-order valence-electron chi connectivity index (χ2n) is 6.79. The van der Waals surface area contributed by atoms with E-state index < -0.39 is 5.60 Å². The summed E-state index contributed by atoms with van der Waals surface area (Å²) in [6.07, 6.45) is 1.66. The van der Waals surface area contributed by atoms with E-state index in [1.165, 1.54) is 16.9 Å². The van der Waals surface area contributed by atoms with Crippen molar-refractivity contribution in [2.75, 3.05) is 27.3 Å². The van der Waals surface area contributed by atoms with Gasteiger partial charge >= 0.3 is 0 Å². The van der Waals surface area contributed by atoms with Gasteiger partial charge in [-0.15, -0.1) is 11.3 Å². The van der Waals surface area contributed by atoms with Gasteiger partial charge in [-0.25, -0.2) is 0 Å². The van der Waals surface area contributed by atoms with E-state index in [0.29, 0.717) is 23.6 Å². The molecule has 0 aliphatic carbocycles. The largest absolute Gasteiger partial charge is 0.385 e. The molecule has 1 fully saturated rings. The van der Waals surface area contributed by atoms with Gasteiger partial charge in [0.25, 0.3) is 0 Å². The average Bonchev–Trinajstić information content (AvgIpc) is 3.04. The molecule has 0 spiro atoms. The zero-order valence-electron chi connectivity index (χ0n) is 15.3. The van der Waals surface area contributed by atoms with Crippen molar-refractivity contribution in [1.29, 1.82) is 0 Å². The second kappa shape index (κ2) is 8.83. The number of hydrogen-bond acceptors (Lipinski definition) is 5. The summed E-state index contributed by atoms with van der Waals surface area (Å²) >= 11 is 7.77. The minimum absolute atomic E-state index is 0.328. The molecular formula is C20H26ClNO3S. The molecule has 0 saturated carbocycles. The molecule has 0 radical (unpaired) electrons. The summed E-state index contributed by atoms with van der Waals surface area (Å²) in [5.41, 5.74) is 1.41. The van der Waals surface area contributed by atoms with E-state index in [0.717, 1.165) is 30.1 Å². The van der Waals surface area contributed by atoms with E-state index >= 15 is 0 Å². The summed E-state index contributed by atoms with van der Waals surface area (Å²) in [5.74, 6) is 0. The maximum absolute atomic E-state index is 11.3. The number of aliphatic hydroxyl groups is 1. The van der Waals surface area contributed by atoms with Crippen LogP contribution in [-0.2, 0) is 28.0 Å². The third-order valence-corrected chi connectivity index (χ3v) is 6.38. The Morgan fingerprint density at radius 2 is 1.85 bits per heavy atom. The van der Waals surface area contributed by atoms with Crippen LogP contribution in [0.5, 0.6) is 0 Å². The summed E-state index contributed by atoms with van der Waals surface area (Å²) in [4.78, 5) is 3.44. The zero-order valence-corrected chi connectivity index (χ0v) is 16.9. The summed E-state index contributed by atoms with van der Waals surface area (Å²) in [5, 5.41) is 11.3. The molecule has 4 nitrogen and oxygen atoms in total. The van der Waals surface area contributed by atoms with E-state index in [1.807, 2.05) is 12.1 Å². The number of methoxy groups -OCH3 is 2. The molecule has 142 valence electrons. The highest BCUT2D eigenvalue weighted by Crippen LogP contribution is 2.41. The van der Waals surface area contributed by atoms with Crippen LogP contribution in [0.1, 0.15) is 28.8 Å². The van der Waals surface area contributed by atoms with Crippen LogP contribution >= 0.6 is 22.9 Å². The average molecular weight is 396 g/mol. The van der Waals surface area contributed by atoms with Crippen LogP contribution in [0.25, 0.3) is 0 Å². The van der Waals surface area contributed by atoms with Crippen molar-refractivity contribution in [3.63, 3.8) is 0 Å². The van der Waals surface area contributed by atoms with Gasteiger partial charge in [-0.3, -0.25) is 4.90 Å². The molecule has 1 aromatic heterocycles. The first-order valence-corrected chi connectivity index (χ1v) is 10.1. The quantitative estimate of drug-likeness (QED) is 0.718. The van der Waals surface area contributed by atoms with Gasteiger partial charge in [-0.2, -0.15) is 0 Å². The number of thiophene rings is 1. The van der Waals surface area contributed by atoms with Crippen LogP contribution in [-0.4, -0.2) is 43.6 Å². The summed E-state index contributed by atoms with van der Waals surface area (Å²) in [7, 11) is 3.25. The Hall–Kier alpha value is -0.950. The molecule has 0 bridgehead atoms. The van der Waals surface area contributed by atoms with Crippen LogP contribution in [0.3, 0.4) is 0 Å². The van der Waals surface area contributed by atoms with Gasteiger partial charge in [0.2, 0.25) is 0 Å². The first kappa shape index (κ1) is 19.8. The van der Waals surface area contributed by atoms with Crippen molar-refractivity contribution in [3.8, 4) is 0 Å². The predicted octanol–water partition coefficient (Wildman–Crippen LogP) is 4.05. The normalized spacial score (nSPS) is 17.7. The number of benzene rings is 1. The Bertz CT molecular complexity index is 694. The summed E-state index contributed by atoms with van der Waals surface area (Å²) < 4.78 is 11.3. The van der Waals surface area contributed by atoms with E-state index in [4.69, 9.17) is 21.1 Å². The van der Waals surface area contributed by atoms with Crippen molar-refractivity contribution in [2.24, 2.45) is 0 Å². The lowest BCUT2D eigenvalue weighted by Gasteiger charge is -2.38. The fourth-order valence-corrected chi connectivity index (χ4v) is 4.93. The molecule has 2 heterocycles. The highest BCUT2D eigenvalue weighted by Gasteiger charge is 2.37. The van der Waals surface area contributed by atoms with Crippen molar-refractivity contribution in [2.45, 2.75) is 37.7 Å². The van der Waals surface area contributed by atoms with Gasteiger partial charge in [-0.1, -0.05) is 41.9 Å². The fraction of sp³-hybridized carbons (Fsp3) is 0.500. The Kier molecular flexibility index (Phi) is 6.72. The van der Waals surface area contributed by atoms with Crippen LogP contribution in [0, 0.1) is 0 Å². The van der Waals surface area contributed by atoms with Crippen LogP contribution in [0.4, 0.5) is 0 Å². The van der Waals surface area contributed by atoms with E-state index in [9.17, 15) is 5.11 Å². The maximum atomic E-state index is 11.3. The first-order valence-electron chi connectivity index (χ1n) is 8.87. The standard InChI is InChI=1S/C20H26ClNO3S/c1-24-19(25-2)13-17-16(12-18(21)26-17)20(23)8-10-22(11-9-20)14-15-6-4-3-5-7-15/h3-7,12,19,23H,8-11,13-14H2,1-2H3. The van der Waals surface area contributed by atoms with Gasteiger partial charge < -0.3 is 14.6 Å². The molecule has 1 aliphatic heterocycles. The van der Waals surface area contributed by atoms with Crippen LogP contribution in [0.2, 0.25) is 4.34 Å². The maximum Gasteiger partial charge on any atom is 0.161 e. The number of hydrogen-bond donors (Lipinski definition) is 1. The number of halogens is 1. The lowest BCUT2D eigenvalue weighted by atomic mass is 9.84. The molecule has 0 amide bonds. The number of likely N-dealkylation sites (tertiary alicyclic amines) is 1. The molecule has 1 saturated heterocycles. The Labute approximate surface area is 164 Å². The molecule has 1 aliphatic rings. The van der Waals surface area contributed by atoms with Gasteiger partial charge in [-0.05, 0) is 30.0 Å². The Morgan fingerprint density at radius 1 is 1.19 bits per heavy atom. The molecule has 0 unspecified atom stereocenters. The smallest absolute Gasteiger partial charge is 0.161 e. The predicted molar refractivity (Wildman–Crippen MR) is 106 cm³/mol. The SMILES string of the molecule is COC(Cc1sc(Cl)cc1C1(O)CCN(Cc2ccccc2)CC1)OC. The van der Waals surface area contributed by atoms with Gasteiger partial charge in [0, 0.05) is 45.2 Å². The van der Waals surface area contributed by atoms with Crippen LogP contribution in [0.15, 0.2) is 36.4 Å². The van der Waals surface area contributed by atoms with Gasteiger partial charge in [0.1, 0.15) is 0 Å². The zero-order chi connectivity index (χ0) is 18.6. The molecule has 6 heteroatoms. The molecule has 0 atom stereocenters. The highest BCUT2D eigenvalue weighted by molar-refractivity contribution is 7.16. The monoisotopic (exact) mass is 395 g/mol. The van der Waals surface area contributed by atoms with Crippen molar-refractivity contribution in [3.05, 3.63) is 56.7 Å². The number of piperidine rings is 1. The molecule has 26 heavy (non-hydrogen) atoms. The second-order valence-corrected chi connectivity index (χ2v) is 8.55. The minimum atomic E-state index is -0.835. The first-order chi connectivity index (χ1) is 12.5. The lowest BCUT2D eigenvalue weighted by molar-refractivity contribution is -0.101. The third-order valence-electron chi connectivity index (χ3n) is 5.09. The van der Waals surface area contributed by atoms with Crippen molar-refractivity contribution >= 4 is 22.9 Å². The van der Waals surface area contributed by atoms with E-state index in [2.05, 4.69) is 29.2 Å². The van der Waals surface area contributed by atoms with E-state index in [1.54, 1.807) is 14.2 Å². The minimum Gasteiger partial charge on any atom is -0.385 e. The van der Waals surface area contributed by atoms with Gasteiger partial charge in [0.05, 0.1) is 9.94 Å². The number of nitrogens with zero attached hydrogens (tertiary/aromatic N) is 1. The highest BCUT2D eigenvalue weighted by atomic mass is 35.5. The third kappa shape index (κ3) is 4.66. The summed E-state index contributed by atoms with van der Waals surface area (Å²) in [6.45, 7) is 2.64. The van der Waals surface area contributed by atoms with Crippen molar-refractivity contribution < 1.29 is 14.6 Å². The Balaban J connectivity index is 1.68. The fourth-order valence-electron chi connectivity index (χ4n) is 3.55. The molecule has 1 aromatic carbocycles. The topological polar surface area (TPSA) is 41.9 Å². The number of rotatable bonds is 7. The molecular weight excluding hydrogens is 370 g/mol. The molecule has 3 rings (SSSR count). The van der Waals surface area contributed by atoms with Crippen LogP contribution < -0.4 is 0 Å².